The second-order valence-corrected chi connectivity index (χ2v) is 6.69. The van der Waals surface area contributed by atoms with Gasteiger partial charge >= 0.3 is 5.97 Å². The number of carboxylic acid groups (broad SMARTS) is 1. The van der Waals surface area contributed by atoms with Crippen LogP contribution in [0.15, 0.2) is 17.0 Å². The van der Waals surface area contributed by atoms with Gasteiger partial charge in [0.25, 0.3) is 0 Å². The first kappa shape index (κ1) is 15.8. The number of aromatic carboxylic acids is 1. The summed E-state index contributed by atoms with van der Waals surface area (Å²) in [5.74, 6) is -4.71. The molecule has 1 heterocycles. The maximum absolute atomic E-state index is 13.7. The van der Waals surface area contributed by atoms with Crippen LogP contribution in [0.3, 0.4) is 0 Å². The van der Waals surface area contributed by atoms with Gasteiger partial charge in [-0.05, 0) is 25.5 Å². The Balaban J connectivity index is 2.46. The third kappa shape index (κ3) is 3.20. The van der Waals surface area contributed by atoms with E-state index in [4.69, 9.17) is 9.84 Å². The molecule has 1 aliphatic heterocycles. The summed E-state index contributed by atoms with van der Waals surface area (Å²) < 4.78 is 58.8. The fourth-order valence-electron chi connectivity index (χ4n) is 2.01. The van der Waals surface area contributed by atoms with Crippen LogP contribution < -0.4 is 4.72 Å². The molecule has 0 saturated carbocycles. The minimum atomic E-state index is -4.42. The van der Waals surface area contributed by atoms with Gasteiger partial charge in [0.1, 0.15) is 4.90 Å². The Hall–Kier alpha value is -1.58. The molecule has 2 N–H and O–H groups in total. The zero-order valence-corrected chi connectivity index (χ0v) is 11.8. The number of nitrogens with one attached hydrogen (secondary N) is 1. The number of benzene rings is 1. The first-order valence-electron chi connectivity index (χ1n) is 5.99. The maximum Gasteiger partial charge on any atom is 0.335 e. The third-order valence-electron chi connectivity index (χ3n) is 3.13. The fraction of sp³-hybridized carbons (Fsp3) is 0.417. The Morgan fingerprint density at radius 1 is 1.43 bits per heavy atom. The number of hydrogen-bond acceptors (Lipinski definition) is 4. The Bertz CT molecular complexity index is 683. The molecule has 0 aliphatic carbocycles. The van der Waals surface area contributed by atoms with Gasteiger partial charge in [0.15, 0.2) is 11.6 Å². The summed E-state index contributed by atoms with van der Waals surface area (Å²) in [7, 11) is -4.42. The van der Waals surface area contributed by atoms with Crippen molar-refractivity contribution >= 4 is 16.0 Å². The van der Waals surface area contributed by atoms with Gasteiger partial charge in [-0.15, -0.1) is 0 Å². The molecule has 9 heteroatoms. The van der Waals surface area contributed by atoms with Gasteiger partial charge in [0, 0.05) is 6.61 Å². The minimum Gasteiger partial charge on any atom is -0.478 e. The molecule has 1 unspecified atom stereocenters. The van der Waals surface area contributed by atoms with Gasteiger partial charge in [-0.3, -0.25) is 0 Å². The average molecular weight is 321 g/mol. The van der Waals surface area contributed by atoms with Crippen LogP contribution in [-0.4, -0.2) is 38.2 Å². The second-order valence-electron chi connectivity index (χ2n) is 5.04. The molecular formula is C12H13F2NO5S. The Morgan fingerprint density at radius 3 is 2.62 bits per heavy atom. The van der Waals surface area contributed by atoms with Crippen molar-refractivity contribution in [2.24, 2.45) is 0 Å². The summed E-state index contributed by atoms with van der Waals surface area (Å²) in [6.45, 7) is 1.99. The predicted octanol–water partition coefficient (Wildman–Crippen LogP) is 1.12. The van der Waals surface area contributed by atoms with Gasteiger partial charge in [-0.2, -0.15) is 0 Å². The molecule has 6 nitrogen and oxygen atoms in total. The van der Waals surface area contributed by atoms with E-state index in [1.807, 2.05) is 0 Å². The van der Waals surface area contributed by atoms with E-state index in [9.17, 15) is 22.0 Å². The standard InChI is InChI=1S/C12H13F2NO5S/c1-12(2-3-20-6-12)15-21(18,19)9-5-7(11(16)17)4-8(13)10(9)14/h4-5,15H,2-3,6H2,1H3,(H,16,17). The molecule has 1 aliphatic rings. The summed E-state index contributed by atoms with van der Waals surface area (Å²) in [5, 5.41) is 8.80. The average Bonchev–Trinajstić information content (AvgIpc) is 2.77. The van der Waals surface area contributed by atoms with Crippen molar-refractivity contribution in [2.75, 3.05) is 13.2 Å². The molecule has 116 valence electrons. The summed E-state index contributed by atoms with van der Waals surface area (Å²) in [4.78, 5) is 9.79. The molecule has 0 spiro atoms. The van der Waals surface area contributed by atoms with E-state index in [1.54, 1.807) is 6.92 Å². The fourth-order valence-corrected chi connectivity index (χ4v) is 3.55. The summed E-state index contributed by atoms with van der Waals surface area (Å²) >= 11 is 0. The van der Waals surface area contributed by atoms with Crippen LogP contribution in [0.5, 0.6) is 0 Å². The first-order valence-corrected chi connectivity index (χ1v) is 7.47. The lowest BCUT2D eigenvalue weighted by Crippen LogP contribution is -2.46. The van der Waals surface area contributed by atoms with E-state index < -0.39 is 43.6 Å². The monoisotopic (exact) mass is 321 g/mol. The van der Waals surface area contributed by atoms with Crippen LogP contribution in [0, 0.1) is 11.6 Å². The third-order valence-corrected chi connectivity index (χ3v) is 4.77. The van der Waals surface area contributed by atoms with Crippen LogP contribution >= 0.6 is 0 Å². The Morgan fingerprint density at radius 2 is 2.10 bits per heavy atom. The number of halogens is 2. The lowest BCUT2D eigenvalue weighted by atomic mass is 10.0. The highest BCUT2D eigenvalue weighted by molar-refractivity contribution is 7.89. The molecule has 0 amide bonds. The summed E-state index contributed by atoms with van der Waals surface area (Å²) in [6, 6.07) is 1.01. The molecule has 2 rings (SSSR count). The highest BCUT2D eigenvalue weighted by Gasteiger charge is 2.36. The number of carbonyl (C=O) groups is 1. The van der Waals surface area contributed by atoms with Crippen molar-refractivity contribution < 1.29 is 31.8 Å². The van der Waals surface area contributed by atoms with Gasteiger partial charge in [0.2, 0.25) is 10.0 Å². The molecule has 1 fully saturated rings. The largest absolute Gasteiger partial charge is 0.478 e. The van der Waals surface area contributed by atoms with Gasteiger partial charge < -0.3 is 9.84 Å². The van der Waals surface area contributed by atoms with E-state index in [0.29, 0.717) is 25.2 Å². The Kier molecular flexibility index (Phi) is 4.00. The highest BCUT2D eigenvalue weighted by atomic mass is 32.2. The SMILES string of the molecule is CC1(NS(=O)(=O)c2cc(C(=O)O)cc(F)c2F)CCOC1. The quantitative estimate of drug-likeness (QED) is 0.867. The molecule has 1 aromatic carbocycles. The molecule has 21 heavy (non-hydrogen) atoms. The lowest BCUT2D eigenvalue weighted by Gasteiger charge is -2.23. The molecule has 1 atom stereocenters. The zero-order valence-electron chi connectivity index (χ0n) is 11.0. The molecule has 0 radical (unpaired) electrons. The zero-order chi connectivity index (χ0) is 15.8. The number of hydrogen-bond donors (Lipinski definition) is 2. The summed E-state index contributed by atoms with van der Waals surface area (Å²) in [6.07, 6.45) is 0.370. The number of ether oxygens (including phenoxy) is 1. The second kappa shape index (κ2) is 5.32. The molecular weight excluding hydrogens is 308 g/mol. The smallest absolute Gasteiger partial charge is 0.335 e. The number of rotatable bonds is 4. The van der Waals surface area contributed by atoms with Gasteiger partial charge in [0.05, 0.1) is 17.7 Å². The topological polar surface area (TPSA) is 92.7 Å². The summed E-state index contributed by atoms with van der Waals surface area (Å²) in [5.41, 5.74) is -1.59. The van der Waals surface area contributed by atoms with E-state index in [-0.39, 0.29) is 6.61 Å². The van der Waals surface area contributed by atoms with Crippen LogP contribution in [0.25, 0.3) is 0 Å². The van der Waals surface area contributed by atoms with Crippen molar-refractivity contribution in [3.63, 3.8) is 0 Å². The lowest BCUT2D eigenvalue weighted by molar-refractivity contribution is 0.0696. The normalized spacial score (nSPS) is 22.4. The van der Waals surface area contributed by atoms with Gasteiger partial charge in [-0.1, -0.05) is 0 Å². The highest BCUT2D eigenvalue weighted by Crippen LogP contribution is 2.24. The van der Waals surface area contributed by atoms with Crippen molar-refractivity contribution in [3.8, 4) is 0 Å². The predicted molar refractivity (Wildman–Crippen MR) is 67.5 cm³/mol. The van der Waals surface area contributed by atoms with Crippen LogP contribution in [0.1, 0.15) is 23.7 Å². The molecule has 1 saturated heterocycles. The van der Waals surface area contributed by atoms with E-state index >= 15 is 0 Å². The maximum atomic E-state index is 13.7. The first-order chi connectivity index (χ1) is 9.65. The van der Waals surface area contributed by atoms with Crippen LogP contribution in [0.2, 0.25) is 0 Å². The van der Waals surface area contributed by atoms with E-state index in [1.165, 1.54) is 0 Å². The number of sulfonamides is 1. The molecule has 0 bridgehead atoms. The van der Waals surface area contributed by atoms with Crippen molar-refractivity contribution in [1.29, 1.82) is 0 Å². The van der Waals surface area contributed by atoms with E-state index in [2.05, 4.69) is 4.72 Å². The molecule has 0 aromatic heterocycles. The van der Waals surface area contributed by atoms with Gasteiger partial charge in [-0.25, -0.2) is 26.7 Å². The van der Waals surface area contributed by atoms with Crippen LogP contribution in [0.4, 0.5) is 8.78 Å². The molecule has 1 aromatic rings. The van der Waals surface area contributed by atoms with Crippen molar-refractivity contribution in [3.05, 3.63) is 29.3 Å². The van der Waals surface area contributed by atoms with Crippen molar-refractivity contribution in [1.82, 2.24) is 4.72 Å². The Labute approximate surface area is 119 Å². The van der Waals surface area contributed by atoms with Crippen LogP contribution in [-0.2, 0) is 14.8 Å². The van der Waals surface area contributed by atoms with E-state index in [0.717, 1.165) is 0 Å². The van der Waals surface area contributed by atoms with Crippen molar-refractivity contribution in [2.45, 2.75) is 23.8 Å². The minimum absolute atomic E-state index is 0.0922. The number of carboxylic acids is 1.